The van der Waals surface area contributed by atoms with E-state index in [1.807, 2.05) is 12.1 Å². The number of fused-ring (bicyclic) bond motifs is 2. The van der Waals surface area contributed by atoms with E-state index in [9.17, 15) is 4.79 Å². The van der Waals surface area contributed by atoms with Crippen molar-refractivity contribution >= 4 is 11.6 Å². The zero-order valence-corrected chi connectivity index (χ0v) is 25.3. The molecule has 3 aromatic rings. The van der Waals surface area contributed by atoms with Gasteiger partial charge in [0.25, 0.3) is 5.91 Å². The molecule has 3 heterocycles. The molecule has 0 saturated carbocycles. The highest BCUT2D eigenvalue weighted by Gasteiger charge is 2.36. The fourth-order valence-corrected chi connectivity index (χ4v) is 7.01. The molecule has 1 amide bonds. The van der Waals surface area contributed by atoms with Crippen LogP contribution in [-0.4, -0.2) is 80.6 Å². The number of rotatable bonds is 10. The van der Waals surface area contributed by atoms with Gasteiger partial charge >= 0.3 is 0 Å². The molecule has 0 unspecified atom stereocenters. The van der Waals surface area contributed by atoms with E-state index in [4.69, 9.17) is 9.47 Å². The first-order chi connectivity index (χ1) is 20.6. The number of nitrogens with zero attached hydrogens (tertiary/aromatic N) is 4. The monoisotopic (exact) mass is 568 g/mol. The second-order valence-electron chi connectivity index (χ2n) is 11.7. The number of amides is 1. The SMILES string of the molecule is CCN1CCN(c2cccc3c2CN([C@H](CCCN2CCc4ccccc4C2)c2ccc(OC)c(OC)c2)C3=O)CC1. The average molecular weight is 569 g/mol. The minimum Gasteiger partial charge on any atom is -0.493 e. The zero-order valence-electron chi connectivity index (χ0n) is 25.3. The molecular weight excluding hydrogens is 524 g/mol. The molecule has 6 rings (SSSR count). The molecule has 0 N–H and O–H groups in total. The van der Waals surface area contributed by atoms with Crippen LogP contribution in [0, 0.1) is 0 Å². The maximum Gasteiger partial charge on any atom is 0.255 e. The number of piperazine rings is 1. The topological polar surface area (TPSA) is 48.5 Å². The van der Waals surface area contributed by atoms with E-state index in [0.717, 1.165) is 82.7 Å². The average Bonchev–Trinajstić information content (AvgIpc) is 3.38. The van der Waals surface area contributed by atoms with Crippen molar-refractivity contribution < 1.29 is 14.3 Å². The summed E-state index contributed by atoms with van der Waals surface area (Å²) in [6, 6.07) is 21.2. The summed E-state index contributed by atoms with van der Waals surface area (Å²) in [4.78, 5) is 23.7. The maximum atomic E-state index is 14.1. The number of hydrogen-bond acceptors (Lipinski definition) is 6. The summed E-state index contributed by atoms with van der Waals surface area (Å²) >= 11 is 0. The Morgan fingerprint density at radius 3 is 2.36 bits per heavy atom. The van der Waals surface area contributed by atoms with Gasteiger partial charge < -0.3 is 24.2 Å². The number of carbonyl (C=O) groups is 1. The maximum absolute atomic E-state index is 14.1. The third-order valence-corrected chi connectivity index (χ3v) is 9.46. The zero-order chi connectivity index (χ0) is 29.1. The van der Waals surface area contributed by atoms with Gasteiger partial charge in [-0.15, -0.1) is 0 Å². The number of anilines is 1. The standard InChI is InChI=1S/C35H44N4O3/c1-4-36-19-21-38(22-20-36)32-12-7-11-29-30(32)25-39(35(29)40)31(27-14-15-33(41-2)34(23-27)42-3)13-8-17-37-18-16-26-9-5-6-10-28(26)24-37/h5-7,9-12,14-15,23,31H,4,8,13,16-22,24-25H2,1-3H3/t31-/m1/s1. The van der Waals surface area contributed by atoms with Crippen LogP contribution >= 0.6 is 0 Å². The molecule has 7 nitrogen and oxygen atoms in total. The Kier molecular flexibility index (Phi) is 8.68. The molecule has 7 heteroatoms. The van der Waals surface area contributed by atoms with Crippen LogP contribution in [-0.2, 0) is 19.5 Å². The molecule has 3 aliphatic rings. The molecule has 0 aromatic heterocycles. The summed E-state index contributed by atoms with van der Waals surface area (Å²) in [5.41, 5.74) is 7.25. The summed E-state index contributed by atoms with van der Waals surface area (Å²) in [6.45, 7) is 11.2. The Morgan fingerprint density at radius 2 is 1.60 bits per heavy atom. The quantitative estimate of drug-likeness (QED) is 0.327. The molecule has 3 aliphatic heterocycles. The van der Waals surface area contributed by atoms with Crippen molar-refractivity contribution in [3.05, 3.63) is 88.5 Å². The van der Waals surface area contributed by atoms with Crippen LogP contribution < -0.4 is 14.4 Å². The first-order valence-corrected chi connectivity index (χ1v) is 15.5. The Labute approximate surface area is 250 Å². The third-order valence-electron chi connectivity index (χ3n) is 9.46. The van der Waals surface area contributed by atoms with E-state index in [0.29, 0.717) is 18.0 Å². The van der Waals surface area contributed by atoms with E-state index in [1.54, 1.807) is 14.2 Å². The predicted octanol–water partition coefficient (Wildman–Crippen LogP) is 5.38. The van der Waals surface area contributed by atoms with Gasteiger partial charge in [-0.2, -0.15) is 0 Å². The van der Waals surface area contributed by atoms with Crippen molar-refractivity contribution in [1.82, 2.24) is 14.7 Å². The first-order valence-electron chi connectivity index (χ1n) is 15.5. The number of hydrogen-bond donors (Lipinski definition) is 0. The molecule has 1 saturated heterocycles. The molecule has 3 aromatic carbocycles. The third kappa shape index (κ3) is 5.72. The molecule has 1 atom stereocenters. The van der Waals surface area contributed by atoms with Crippen LogP contribution in [0.4, 0.5) is 5.69 Å². The Morgan fingerprint density at radius 1 is 0.810 bits per heavy atom. The number of methoxy groups -OCH3 is 2. The Hall–Kier alpha value is -3.55. The van der Waals surface area contributed by atoms with Crippen LogP contribution in [0.5, 0.6) is 11.5 Å². The highest BCUT2D eigenvalue weighted by atomic mass is 16.5. The van der Waals surface area contributed by atoms with Crippen LogP contribution in [0.1, 0.15) is 58.4 Å². The summed E-state index contributed by atoms with van der Waals surface area (Å²) in [7, 11) is 3.33. The van der Waals surface area contributed by atoms with Crippen molar-refractivity contribution in [3.8, 4) is 11.5 Å². The minimum atomic E-state index is -0.0495. The molecule has 0 radical (unpaired) electrons. The van der Waals surface area contributed by atoms with Gasteiger partial charge in [0.1, 0.15) is 0 Å². The number of benzene rings is 3. The van der Waals surface area contributed by atoms with E-state index in [1.165, 1.54) is 22.4 Å². The van der Waals surface area contributed by atoms with Crippen molar-refractivity contribution in [2.45, 2.75) is 45.3 Å². The van der Waals surface area contributed by atoms with E-state index in [2.05, 4.69) is 75.1 Å². The van der Waals surface area contributed by atoms with Gasteiger partial charge in [-0.25, -0.2) is 0 Å². The lowest BCUT2D eigenvalue weighted by atomic mass is 9.97. The predicted molar refractivity (Wildman–Crippen MR) is 168 cm³/mol. The Bertz CT molecular complexity index is 1400. The second kappa shape index (κ2) is 12.8. The van der Waals surface area contributed by atoms with Gasteiger partial charge in [0.15, 0.2) is 11.5 Å². The van der Waals surface area contributed by atoms with Gasteiger partial charge in [-0.1, -0.05) is 43.3 Å². The van der Waals surface area contributed by atoms with Gasteiger partial charge in [0.2, 0.25) is 0 Å². The smallest absolute Gasteiger partial charge is 0.255 e. The molecule has 0 aliphatic carbocycles. The fraction of sp³-hybridized carbons (Fsp3) is 0.457. The summed E-state index contributed by atoms with van der Waals surface area (Å²) in [6.07, 6.45) is 3.00. The lowest BCUT2D eigenvalue weighted by molar-refractivity contribution is 0.0684. The van der Waals surface area contributed by atoms with Crippen molar-refractivity contribution in [2.24, 2.45) is 0 Å². The lowest BCUT2D eigenvalue weighted by Crippen LogP contribution is -2.46. The molecule has 1 fully saturated rings. The first kappa shape index (κ1) is 28.6. The van der Waals surface area contributed by atoms with Crippen molar-refractivity contribution in [1.29, 1.82) is 0 Å². The largest absolute Gasteiger partial charge is 0.493 e. The van der Waals surface area contributed by atoms with Gasteiger partial charge in [0, 0.05) is 62.6 Å². The van der Waals surface area contributed by atoms with E-state index >= 15 is 0 Å². The van der Waals surface area contributed by atoms with Crippen LogP contribution in [0.25, 0.3) is 0 Å². The van der Waals surface area contributed by atoms with Crippen LogP contribution in [0.3, 0.4) is 0 Å². The van der Waals surface area contributed by atoms with Gasteiger partial charge in [0.05, 0.1) is 20.3 Å². The summed E-state index contributed by atoms with van der Waals surface area (Å²) in [5, 5.41) is 0. The molecule has 42 heavy (non-hydrogen) atoms. The summed E-state index contributed by atoms with van der Waals surface area (Å²) < 4.78 is 11.2. The molecule has 0 spiro atoms. The highest BCUT2D eigenvalue weighted by Crippen LogP contribution is 2.40. The van der Waals surface area contributed by atoms with Crippen molar-refractivity contribution in [2.75, 3.05) is 64.9 Å². The fourth-order valence-electron chi connectivity index (χ4n) is 7.01. The highest BCUT2D eigenvalue weighted by molar-refractivity contribution is 6.00. The van der Waals surface area contributed by atoms with Gasteiger partial charge in [-0.3, -0.25) is 9.69 Å². The number of ether oxygens (including phenoxy) is 2. The molecule has 222 valence electrons. The number of likely N-dealkylation sites (N-methyl/N-ethyl adjacent to an activating group) is 1. The Balaban J connectivity index is 1.23. The summed E-state index contributed by atoms with van der Waals surface area (Å²) in [5.74, 6) is 1.54. The normalized spacial score (nSPS) is 18.1. The molecular formula is C35H44N4O3. The lowest BCUT2D eigenvalue weighted by Gasteiger charge is -2.36. The van der Waals surface area contributed by atoms with E-state index in [-0.39, 0.29) is 11.9 Å². The van der Waals surface area contributed by atoms with Crippen molar-refractivity contribution in [3.63, 3.8) is 0 Å². The van der Waals surface area contributed by atoms with E-state index < -0.39 is 0 Å². The minimum absolute atomic E-state index is 0.0495. The van der Waals surface area contributed by atoms with Crippen LogP contribution in [0.2, 0.25) is 0 Å². The van der Waals surface area contributed by atoms with Crippen LogP contribution in [0.15, 0.2) is 60.7 Å². The van der Waals surface area contributed by atoms with Gasteiger partial charge in [-0.05, 0) is 73.3 Å². The second-order valence-corrected chi connectivity index (χ2v) is 11.7. The molecule has 0 bridgehead atoms. The number of carbonyl (C=O) groups excluding carboxylic acids is 1.